The first-order valence-corrected chi connectivity index (χ1v) is 27.7. The lowest BCUT2D eigenvalue weighted by molar-refractivity contribution is -0.163. The SMILES string of the molecule is CC/C=C\C/C=C\C/C=C\C/C=C\C/C=C\CCCCCCOCC(COC(=O)CCCCCCCC/C=C\C/C=C\C/C=C\CCCCC)OC(=O)CCCCC/C=C\C/C=C\C/C=C\CC. The topological polar surface area (TPSA) is 61.8 Å². The van der Waals surface area contributed by atoms with Gasteiger partial charge in [-0.05, 0) is 135 Å². The highest BCUT2D eigenvalue weighted by Crippen LogP contribution is 2.12. The molecule has 5 nitrogen and oxygen atoms in total. The molecule has 0 bridgehead atoms. The number of rotatable bonds is 49. The number of carbonyl (C=O) groups excluding carboxylic acids is 2. The molecule has 5 heteroatoms. The van der Waals surface area contributed by atoms with Crippen molar-refractivity contribution in [3.63, 3.8) is 0 Å². The van der Waals surface area contributed by atoms with Gasteiger partial charge in [0.15, 0.2) is 6.10 Å². The molecule has 0 saturated carbocycles. The van der Waals surface area contributed by atoms with Gasteiger partial charge < -0.3 is 14.2 Å². The van der Waals surface area contributed by atoms with E-state index in [0.717, 1.165) is 141 Å². The van der Waals surface area contributed by atoms with E-state index in [1.807, 2.05) is 0 Å². The monoisotopic (exact) mass is 939 g/mol. The standard InChI is InChI=1S/C63H102O5/c1-4-7-10-13-16-19-22-25-27-29-31-33-35-37-40-43-46-49-52-55-58-66-59-61(68-63(65)57-54-51-48-45-42-38-24-21-18-15-12-9-6-3)60-67-62(64)56-53-50-47-44-41-39-36-34-32-30-28-26-23-20-17-14-11-8-5-2/h7,9-10,12,16-21,25-28,31-34,37-38,40,42,61H,4-6,8,11,13-15,22-24,29-30,35-36,39,41,43-60H2,1-3H3/b10-7-,12-9-,19-16-,20-17-,21-18-,27-25-,28-26-,33-31-,34-32-,40-37-,42-38-. The molecule has 68 heavy (non-hydrogen) atoms. The third-order valence-corrected chi connectivity index (χ3v) is 11.2. The summed E-state index contributed by atoms with van der Waals surface area (Å²) in [5.41, 5.74) is 0. The molecule has 0 aliphatic heterocycles. The Morgan fingerprint density at radius 3 is 1.07 bits per heavy atom. The van der Waals surface area contributed by atoms with Gasteiger partial charge in [-0.25, -0.2) is 0 Å². The molecule has 0 radical (unpaired) electrons. The van der Waals surface area contributed by atoms with Gasteiger partial charge in [0.2, 0.25) is 0 Å². The molecule has 0 amide bonds. The molecule has 0 N–H and O–H groups in total. The van der Waals surface area contributed by atoms with Crippen LogP contribution in [0, 0.1) is 0 Å². The number of esters is 2. The van der Waals surface area contributed by atoms with Crippen molar-refractivity contribution in [2.24, 2.45) is 0 Å². The molecule has 384 valence electrons. The maximum absolute atomic E-state index is 12.8. The maximum Gasteiger partial charge on any atom is 0.306 e. The Kier molecular flexibility index (Phi) is 54.0. The second-order valence-electron chi connectivity index (χ2n) is 17.7. The number of carbonyl (C=O) groups is 2. The van der Waals surface area contributed by atoms with Gasteiger partial charge >= 0.3 is 11.9 Å². The first-order valence-electron chi connectivity index (χ1n) is 27.7. The van der Waals surface area contributed by atoms with Crippen molar-refractivity contribution in [2.45, 2.75) is 232 Å². The summed E-state index contributed by atoms with van der Waals surface area (Å²) in [5.74, 6) is -0.469. The van der Waals surface area contributed by atoms with E-state index in [0.29, 0.717) is 19.4 Å². The molecular formula is C63H102O5. The third-order valence-electron chi connectivity index (χ3n) is 11.2. The highest BCUT2D eigenvalue weighted by molar-refractivity contribution is 5.70. The van der Waals surface area contributed by atoms with Gasteiger partial charge in [0.25, 0.3) is 0 Å². The van der Waals surface area contributed by atoms with E-state index < -0.39 is 6.10 Å². The summed E-state index contributed by atoms with van der Waals surface area (Å²) in [5, 5.41) is 0. The smallest absolute Gasteiger partial charge is 0.306 e. The minimum absolute atomic E-state index is 0.0471. The van der Waals surface area contributed by atoms with E-state index in [1.54, 1.807) is 0 Å². The van der Waals surface area contributed by atoms with Crippen LogP contribution >= 0.6 is 0 Å². The summed E-state index contributed by atoms with van der Waals surface area (Å²) >= 11 is 0. The van der Waals surface area contributed by atoms with Crippen molar-refractivity contribution in [1.82, 2.24) is 0 Å². The fraction of sp³-hybridized carbons (Fsp3) is 0.619. The summed E-state index contributed by atoms with van der Waals surface area (Å²) in [4.78, 5) is 25.5. The quantitative estimate of drug-likeness (QED) is 0.0345. The Labute approximate surface area is 419 Å². The second kappa shape index (κ2) is 57.4. The minimum atomic E-state index is -0.581. The highest BCUT2D eigenvalue weighted by Gasteiger charge is 2.17. The van der Waals surface area contributed by atoms with Crippen LogP contribution < -0.4 is 0 Å². The van der Waals surface area contributed by atoms with Crippen LogP contribution in [0.3, 0.4) is 0 Å². The zero-order valence-electron chi connectivity index (χ0n) is 44.1. The van der Waals surface area contributed by atoms with Crippen molar-refractivity contribution in [1.29, 1.82) is 0 Å². The Balaban J connectivity index is 4.39. The maximum atomic E-state index is 12.8. The number of unbranched alkanes of at least 4 members (excludes halogenated alkanes) is 16. The van der Waals surface area contributed by atoms with Crippen LogP contribution in [0.15, 0.2) is 134 Å². The predicted molar refractivity (Wildman–Crippen MR) is 297 cm³/mol. The van der Waals surface area contributed by atoms with Crippen LogP contribution in [0.25, 0.3) is 0 Å². The van der Waals surface area contributed by atoms with Gasteiger partial charge in [0.1, 0.15) is 6.61 Å². The van der Waals surface area contributed by atoms with Gasteiger partial charge in [-0.2, -0.15) is 0 Å². The van der Waals surface area contributed by atoms with Crippen LogP contribution in [0.4, 0.5) is 0 Å². The normalized spacial score (nSPS) is 13.3. The molecule has 1 unspecified atom stereocenters. The van der Waals surface area contributed by atoms with E-state index in [-0.39, 0.29) is 25.2 Å². The predicted octanol–water partition coefficient (Wildman–Crippen LogP) is 19.1. The second-order valence-corrected chi connectivity index (χ2v) is 17.7. The van der Waals surface area contributed by atoms with E-state index in [9.17, 15) is 9.59 Å². The zero-order valence-corrected chi connectivity index (χ0v) is 44.1. The number of hydrogen-bond acceptors (Lipinski definition) is 5. The molecule has 0 aromatic heterocycles. The Bertz CT molecular complexity index is 1430. The lowest BCUT2D eigenvalue weighted by Gasteiger charge is -2.18. The summed E-state index contributed by atoms with van der Waals surface area (Å²) in [6, 6.07) is 0. The van der Waals surface area contributed by atoms with Crippen molar-refractivity contribution in [3.8, 4) is 0 Å². The van der Waals surface area contributed by atoms with Gasteiger partial charge in [0.05, 0.1) is 6.61 Å². The number of ether oxygens (including phenoxy) is 3. The first-order chi connectivity index (χ1) is 33.6. The van der Waals surface area contributed by atoms with Crippen LogP contribution in [0.1, 0.15) is 226 Å². The van der Waals surface area contributed by atoms with Crippen molar-refractivity contribution < 1.29 is 23.8 Å². The van der Waals surface area contributed by atoms with Gasteiger partial charge in [-0.3, -0.25) is 9.59 Å². The molecule has 0 saturated heterocycles. The summed E-state index contributed by atoms with van der Waals surface area (Å²) in [6.45, 7) is 7.46. The molecule has 0 aromatic rings. The van der Waals surface area contributed by atoms with Crippen molar-refractivity contribution in [2.75, 3.05) is 19.8 Å². The van der Waals surface area contributed by atoms with Crippen LogP contribution in [-0.4, -0.2) is 37.9 Å². The van der Waals surface area contributed by atoms with Crippen LogP contribution in [-0.2, 0) is 23.8 Å². The van der Waals surface area contributed by atoms with Crippen LogP contribution in [0.5, 0.6) is 0 Å². The first kappa shape index (κ1) is 64.0. The summed E-state index contributed by atoms with van der Waals surface area (Å²) in [6.07, 6.45) is 81.8. The largest absolute Gasteiger partial charge is 0.462 e. The molecule has 0 aliphatic rings. The van der Waals surface area contributed by atoms with E-state index in [1.165, 1.54) is 51.4 Å². The molecule has 0 spiro atoms. The Morgan fingerprint density at radius 1 is 0.338 bits per heavy atom. The third kappa shape index (κ3) is 54.6. The van der Waals surface area contributed by atoms with Gasteiger partial charge in [0, 0.05) is 19.4 Å². The highest BCUT2D eigenvalue weighted by atomic mass is 16.6. The fourth-order valence-corrected chi connectivity index (χ4v) is 7.09. The Morgan fingerprint density at radius 2 is 0.662 bits per heavy atom. The van der Waals surface area contributed by atoms with Crippen molar-refractivity contribution in [3.05, 3.63) is 134 Å². The molecule has 0 fully saturated rings. The Hall–Kier alpha value is -3.96. The lowest BCUT2D eigenvalue weighted by atomic mass is 10.1. The zero-order chi connectivity index (χ0) is 49.2. The number of allylic oxidation sites excluding steroid dienone is 22. The fourth-order valence-electron chi connectivity index (χ4n) is 7.09. The summed E-state index contributed by atoms with van der Waals surface area (Å²) < 4.78 is 17.4. The van der Waals surface area contributed by atoms with Crippen LogP contribution in [0.2, 0.25) is 0 Å². The average molecular weight is 940 g/mol. The molecule has 0 heterocycles. The average Bonchev–Trinajstić information content (AvgIpc) is 3.34. The van der Waals surface area contributed by atoms with E-state index in [2.05, 4.69) is 154 Å². The van der Waals surface area contributed by atoms with E-state index >= 15 is 0 Å². The molecule has 0 aromatic carbocycles. The van der Waals surface area contributed by atoms with Crippen molar-refractivity contribution >= 4 is 11.9 Å². The van der Waals surface area contributed by atoms with E-state index in [4.69, 9.17) is 14.2 Å². The molecule has 0 aliphatic carbocycles. The van der Waals surface area contributed by atoms with Gasteiger partial charge in [-0.1, -0.05) is 212 Å². The summed E-state index contributed by atoms with van der Waals surface area (Å²) in [7, 11) is 0. The minimum Gasteiger partial charge on any atom is -0.462 e. The van der Waals surface area contributed by atoms with Gasteiger partial charge in [-0.15, -0.1) is 0 Å². The number of hydrogen-bond donors (Lipinski definition) is 0. The lowest BCUT2D eigenvalue weighted by Crippen LogP contribution is -2.30. The molecule has 1 atom stereocenters. The molecular weight excluding hydrogens is 837 g/mol. The molecule has 0 rings (SSSR count).